The van der Waals surface area contributed by atoms with E-state index in [9.17, 15) is 9.59 Å². The van der Waals surface area contributed by atoms with Gasteiger partial charge in [-0.15, -0.1) is 0 Å². The number of carbonyl (C=O) groups excluding carboxylic acids is 1. The van der Waals surface area contributed by atoms with Crippen LogP contribution in [-0.2, 0) is 4.74 Å². The van der Waals surface area contributed by atoms with Gasteiger partial charge in [0, 0.05) is 5.02 Å². The number of carbonyl (C=O) groups is 2. The van der Waals surface area contributed by atoms with E-state index in [4.69, 9.17) is 28.3 Å². The first-order valence-electron chi connectivity index (χ1n) is 5.84. The Bertz CT molecular complexity index is 726. The lowest BCUT2D eigenvalue weighted by Gasteiger charge is -2.08. The van der Waals surface area contributed by atoms with E-state index >= 15 is 0 Å². The molecule has 0 amide bonds. The molecule has 2 aromatic rings. The fourth-order valence-electron chi connectivity index (χ4n) is 1.85. The van der Waals surface area contributed by atoms with Crippen molar-refractivity contribution < 1.29 is 19.4 Å². The van der Waals surface area contributed by atoms with E-state index in [2.05, 4.69) is 4.74 Å². The van der Waals surface area contributed by atoms with Gasteiger partial charge < -0.3 is 9.84 Å². The van der Waals surface area contributed by atoms with Crippen LogP contribution in [0, 0.1) is 0 Å². The average molecular weight is 325 g/mol. The molecule has 2 aromatic carbocycles. The van der Waals surface area contributed by atoms with E-state index in [0.717, 1.165) is 0 Å². The number of hydrogen-bond acceptors (Lipinski definition) is 3. The summed E-state index contributed by atoms with van der Waals surface area (Å²) in [4.78, 5) is 22.7. The quantitative estimate of drug-likeness (QED) is 0.861. The minimum absolute atomic E-state index is 0.0621. The van der Waals surface area contributed by atoms with Crippen LogP contribution in [0.1, 0.15) is 20.7 Å². The second-order valence-electron chi connectivity index (χ2n) is 4.22. The van der Waals surface area contributed by atoms with E-state index in [1.54, 1.807) is 18.2 Å². The first-order chi connectivity index (χ1) is 9.92. The zero-order valence-electron chi connectivity index (χ0n) is 10.9. The molecular formula is C15H10Cl2O4. The van der Waals surface area contributed by atoms with Gasteiger partial charge in [-0.05, 0) is 41.5 Å². The summed E-state index contributed by atoms with van der Waals surface area (Å²) in [5, 5.41) is 9.60. The lowest BCUT2D eigenvalue weighted by atomic mass is 10.0. The van der Waals surface area contributed by atoms with Gasteiger partial charge in [-0.3, -0.25) is 0 Å². The molecule has 6 heteroatoms. The highest BCUT2D eigenvalue weighted by atomic mass is 35.5. The summed E-state index contributed by atoms with van der Waals surface area (Å²) >= 11 is 11.9. The molecule has 0 unspecified atom stereocenters. The maximum absolute atomic E-state index is 11.6. The molecule has 0 atom stereocenters. The second-order valence-corrected chi connectivity index (χ2v) is 5.06. The smallest absolute Gasteiger partial charge is 0.339 e. The van der Waals surface area contributed by atoms with Gasteiger partial charge in [-0.25, -0.2) is 9.59 Å². The number of esters is 1. The number of halogens is 2. The van der Waals surface area contributed by atoms with Crippen LogP contribution < -0.4 is 0 Å². The Morgan fingerprint density at radius 2 is 1.76 bits per heavy atom. The van der Waals surface area contributed by atoms with Crippen LogP contribution in [0.4, 0.5) is 0 Å². The lowest BCUT2D eigenvalue weighted by Crippen LogP contribution is -2.02. The Morgan fingerprint density at radius 3 is 2.38 bits per heavy atom. The van der Waals surface area contributed by atoms with Gasteiger partial charge in [0.15, 0.2) is 0 Å². The van der Waals surface area contributed by atoms with Crippen LogP contribution >= 0.6 is 23.2 Å². The molecule has 1 N–H and O–H groups in total. The predicted molar refractivity (Wildman–Crippen MR) is 80.2 cm³/mol. The first-order valence-corrected chi connectivity index (χ1v) is 6.60. The number of aromatic carboxylic acids is 1. The molecule has 0 saturated heterocycles. The van der Waals surface area contributed by atoms with Crippen LogP contribution in [0.5, 0.6) is 0 Å². The number of carboxylic acids is 1. The maximum atomic E-state index is 11.6. The molecule has 2 rings (SSSR count). The third-order valence-corrected chi connectivity index (χ3v) is 3.40. The number of rotatable bonds is 3. The van der Waals surface area contributed by atoms with E-state index in [0.29, 0.717) is 16.1 Å². The summed E-state index contributed by atoms with van der Waals surface area (Å²) < 4.78 is 4.65. The van der Waals surface area contributed by atoms with Crippen molar-refractivity contribution in [3.8, 4) is 11.1 Å². The lowest BCUT2D eigenvalue weighted by molar-refractivity contribution is 0.0600. The van der Waals surface area contributed by atoms with Crippen LogP contribution in [0.15, 0.2) is 36.4 Å². The molecule has 0 heterocycles. The van der Waals surface area contributed by atoms with Crippen molar-refractivity contribution in [2.75, 3.05) is 7.11 Å². The van der Waals surface area contributed by atoms with Gasteiger partial charge in [0.1, 0.15) is 0 Å². The van der Waals surface area contributed by atoms with E-state index in [1.165, 1.54) is 25.3 Å². The molecule has 108 valence electrons. The molecule has 4 nitrogen and oxygen atoms in total. The normalized spacial score (nSPS) is 10.2. The Kier molecular flexibility index (Phi) is 4.50. The highest BCUT2D eigenvalue weighted by Gasteiger charge is 2.13. The molecule has 0 saturated carbocycles. The zero-order valence-corrected chi connectivity index (χ0v) is 12.4. The third kappa shape index (κ3) is 3.35. The molecule has 0 bridgehead atoms. The summed E-state index contributed by atoms with van der Waals surface area (Å²) in [6.45, 7) is 0. The molecular weight excluding hydrogens is 315 g/mol. The fourth-order valence-corrected chi connectivity index (χ4v) is 2.28. The van der Waals surface area contributed by atoms with E-state index in [-0.39, 0.29) is 16.1 Å². The van der Waals surface area contributed by atoms with Crippen LogP contribution in [0.25, 0.3) is 11.1 Å². The van der Waals surface area contributed by atoms with Crippen molar-refractivity contribution in [2.45, 2.75) is 0 Å². The highest BCUT2D eigenvalue weighted by Crippen LogP contribution is 2.28. The Morgan fingerprint density at radius 1 is 1.05 bits per heavy atom. The van der Waals surface area contributed by atoms with Crippen molar-refractivity contribution in [1.82, 2.24) is 0 Å². The molecule has 0 fully saturated rings. The van der Waals surface area contributed by atoms with Crippen molar-refractivity contribution in [3.05, 3.63) is 57.6 Å². The Hall–Kier alpha value is -2.04. The monoisotopic (exact) mass is 324 g/mol. The number of methoxy groups -OCH3 is 1. The van der Waals surface area contributed by atoms with Crippen molar-refractivity contribution in [1.29, 1.82) is 0 Å². The van der Waals surface area contributed by atoms with E-state index < -0.39 is 11.9 Å². The molecule has 0 aliphatic heterocycles. The molecule has 0 spiro atoms. The molecule has 0 aliphatic rings. The standard InChI is InChI=1S/C15H10Cl2O4/c1-21-15(20)12-7-8(2-3-13(12)17)9-4-10(14(18)19)6-11(16)5-9/h2-7H,1H3,(H,18,19). The number of carboxylic acid groups (broad SMARTS) is 1. The second kappa shape index (κ2) is 6.16. The van der Waals surface area contributed by atoms with Gasteiger partial charge in [-0.1, -0.05) is 29.3 Å². The summed E-state index contributed by atoms with van der Waals surface area (Å²) in [6, 6.07) is 9.18. The van der Waals surface area contributed by atoms with Crippen molar-refractivity contribution in [2.24, 2.45) is 0 Å². The average Bonchev–Trinajstić information content (AvgIpc) is 2.46. The minimum atomic E-state index is -1.08. The molecule has 0 aliphatic carbocycles. The largest absolute Gasteiger partial charge is 0.478 e. The molecule has 0 radical (unpaired) electrons. The van der Waals surface area contributed by atoms with Crippen molar-refractivity contribution in [3.63, 3.8) is 0 Å². The fraction of sp³-hybridized carbons (Fsp3) is 0.0667. The van der Waals surface area contributed by atoms with Crippen molar-refractivity contribution >= 4 is 35.1 Å². The van der Waals surface area contributed by atoms with Gasteiger partial charge in [-0.2, -0.15) is 0 Å². The number of benzene rings is 2. The van der Waals surface area contributed by atoms with Crippen LogP contribution in [0.3, 0.4) is 0 Å². The first kappa shape index (κ1) is 15.4. The van der Waals surface area contributed by atoms with Crippen LogP contribution in [0.2, 0.25) is 10.0 Å². The Labute approximate surface area is 130 Å². The van der Waals surface area contributed by atoms with Gasteiger partial charge in [0.25, 0.3) is 0 Å². The third-order valence-electron chi connectivity index (χ3n) is 2.85. The predicted octanol–water partition coefficient (Wildman–Crippen LogP) is 4.15. The summed E-state index contributed by atoms with van der Waals surface area (Å²) in [6.07, 6.45) is 0. The molecule has 0 aromatic heterocycles. The van der Waals surface area contributed by atoms with Crippen LogP contribution in [-0.4, -0.2) is 24.2 Å². The van der Waals surface area contributed by atoms with Gasteiger partial charge in [0.05, 0.1) is 23.3 Å². The minimum Gasteiger partial charge on any atom is -0.478 e. The van der Waals surface area contributed by atoms with E-state index in [1.807, 2.05) is 0 Å². The summed E-state index contributed by atoms with van der Waals surface area (Å²) in [5.41, 5.74) is 1.45. The van der Waals surface area contributed by atoms with Gasteiger partial charge >= 0.3 is 11.9 Å². The van der Waals surface area contributed by atoms with Gasteiger partial charge in [0.2, 0.25) is 0 Å². The zero-order chi connectivity index (χ0) is 15.6. The number of hydrogen-bond donors (Lipinski definition) is 1. The SMILES string of the molecule is COC(=O)c1cc(-c2cc(Cl)cc(C(=O)O)c2)ccc1Cl. The highest BCUT2D eigenvalue weighted by molar-refractivity contribution is 6.33. The topological polar surface area (TPSA) is 63.6 Å². The molecule has 21 heavy (non-hydrogen) atoms. The summed E-state index contributed by atoms with van der Waals surface area (Å²) in [5.74, 6) is -1.65. The number of ether oxygens (including phenoxy) is 1. The maximum Gasteiger partial charge on any atom is 0.339 e. The summed E-state index contributed by atoms with van der Waals surface area (Å²) in [7, 11) is 1.26. The Balaban J connectivity index is 2.57.